The normalized spacial score (nSPS) is 21.9. The van der Waals surface area contributed by atoms with Gasteiger partial charge in [-0.25, -0.2) is 9.18 Å². The summed E-state index contributed by atoms with van der Waals surface area (Å²) in [5, 5.41) is 29.1. The fourth-order valence-corrected chi connectivity index (χ4v) is 4.95. The molecule has 2 unspecified atom stereocenters. The molecule has 0 amide bonds. The number of anilines is 1. The maximum Gasteiger partial charge on any atom is 0.341 e. The lowest BCUT2D eigenvalue weighted by atomic mass is 9.79. The minimum Gasteiger partial charge on any atom is -0.477 e. The van der Waals surface area contributed by atoms with E-state index >= 15 is 4.39 Å². The fourth-order valence-electron chi connectivity index (χ4n) is 4.95. The number of hydrogen-bond acceptors (Lipinski definition) is 5. The highest BCUT2D eigenvalue weighted by Gasteiger charge is 2.44. The lowest BCUT2D eigenvalue weighted by Crippen LogP contribution is -2.35. The zero-order valence-electron chi connectivity index (χ0n) is 17.4. The zero-order chi connectivity index (χ0) is 22.0. The standard InChI is InChI=1S/C22H27FN2O5/c1-11-18-13(20(28)14(21(29)30)7-25(18)12-4-5-12)6-16(23)19(11)24-8-15(17(27)9-26)22(2,3)10-24/h6-7,12,15,17,26-27H,4-5,8-10H2,1-3H3,(H,29,30). The molecule has 162 valence electrons. The van der Waals surface area contributed by atoms with E-state index in [-0.39, 0.29) is 34.9 Å². The van der Waals surface area contributed by atoms with Gasteiger partial charge in [-0.05, 0) is 36.8 Å². The molecule has 0 radical (unpaired) electrons. The highest BCUT2D eigenvalue weighted by molar-refractivity contribution is 5.95. The van der Waals surface area contributed by atoms with Gasteiger partial charge in [-0.3, -0.25) is 4.79 Å². The first-order valence-electron chi connectivity index (χ1n) is 10.2. The number of hydrogen-bond donors (Lipinski definition) is 3. The van der Waals surface area contributed by atoms with Crippen LogP contribution in [0.1, 0.15) is 48.7 Å². The maximum absolute atomic E-state index is 15.3. The molecule has 4 rings (SSSR count). The highest BCUT2D eigenvalue weighted by atomic mass is 19.1. The summed E-state index contributed by atoms with van der Waals surface area (Å²) in [5.74, 6) is -2.14. The molecule has 30 heavy (non-hydrogen) atoms. The molecule has 3 N–H and O–H groups in total. The van der Waals surface area contributed by atoms with Gasteiger partial charge in [0.15, 0.2) is 0 Å². The van der Waals surface area contributed by atoms with Gasteiger partial charge in [0.1, 0.15) is 11.4 Å². The van der Waals surface area contributed by atoms with Crippen LogP contribution in [-0.2, 0) is 0 Å². The number of carbonyl (C=O) groups is 1. The quantitative estimate of drug-likeness (QED) is 0.689. The van der Waals surface area contributed by atoms with Crippen molar-refractivity contribution in [1.29, 1.82) is 0 Å². The summed E-state index contributed by atoms with van der Waals surface area (Å²) in [4.78, 5) is 26.2. The Hall–Kier alpha value is -2.45. The number of aromatic carboxylic acids is 1. The number of aryl methyl sites for hydroxylation is 1. The molecule has 2 fully saturated rings. The lowest BCUT2D eigenvalue weighted by Gasteiger charge is -2.28. The summed E-state index contributed by atoms with van der Waals surface area (Å²) in [6, 6.07) is 1.25. The molecule has 2 aromatic rings. The van der Waals surface area contributed by atoms with Gasteiger partial charge >= 0.3 is 5.97 Å². The molecule has 0 spiro atoms. The first-order chi connectivity index (χ1) is 14.1. The third-order valence-electron chi connectivity index (χ3n) is 6.64. The first-order valence-corrected chi connectivity index (χ1v) is 10.2. The van der Waals surface area contributed by atoms with E-state index in [9.17, 15) is 24.9 Å². The van der Waals surface area contributed by atoms with Crippen LogP contribution in [0.4, 0.5) is 10.1 Å². The Morgan fingerprint density at radius 1 is 1.37 bits per heavy atom. The Morgan fingerprint density at radius 2 is 2.03 bits per heavy atom. The Kier molecular flexibility index (Phi) is 4.90. The smallest absolute Gasteiger partial charge is 0.341 e. The second-order valence-corrected chi connectivity index (χ2v) is 9.27. The van der Waals surface area contributed by atoms with Crippen LogP contribution >= 0.6 is 0 Å². The average Bonchev–Trinajstić information content (AvgIpc) is 3.45. The minimum absolute atomic E-state index is 0.0750. The van der Waals surface area contributed by atoms with Crippen molar-refractivity contribution in [1.82, 2.24) is 4.57 Å². The van der Waals surface area contributed by atoms with E-state index in [0.29, 0.717) is 29.9 Å². The molecule has 1 aliphatic carbocycles. The number of fused-ring (bicyclic) bond motifs is 1. The van der Waals surface area contributed by atoms with Crippen molar-refractivity contribution >= 4 is 22.6 Å². The molecule has 2 aliphatic rings. The van der Waals surface area contributed by atoms with Crippen LogP contribution in [0.3, 0.4) is 0 Å². The monoisotopic (exact) mass is 418 g/mol. The summed E-state index contributed by atoms with van der Waals surface area (Å²) >= 11 is 0. The maximum atomic E-state index is 15.3. The van der Waals surface area contributed by atoms with Crippen LogP contribution in [0, 0.1) is 24.1 Å². The van der Waals surface area contributed by atoms with Gasteiger partial charge in [-0.15, -0.1) is 0 Å². The van der Waals surface area contributed by atoms with Crippen LogP contribution in [0.2, 0.25) is 0 Å². The van der Waals surface area contributed by atoms with Crippen molar-refractivity contribution in [2.24, 2.45) is 11.3 Å². The van der Waals surface area contributed by atoms with Crippen molar-refractivity contribution in [2.75, 3.05) is 24.6 Å². The number of nitrogens with zero attached hydrogens (tertiary/aromatic N) is 2. The van der Waals surface area contributed by atoms with Gasteiger partial charge < -0.3 is 24.8 Å². The second-order valence-electron chi connectivity index (χ2n) is 9.27. The molecule has 1 aromatic carbocycles. The summed E-state index contributed by atoms with van der Waals surface area (Å²) in [5.41, 5.74) is 0.126. The van der Waals surface area contributed by atoms with E-state index < -0.39 is 23.3 Å². The summed E-state index contributed by atoms with van der Waals surface area (Å²) in [6.45, 7) is 6.20. The van der Waals surface area contributed by atoms with Gasteiger partial charge in [0.25, 0.3) is 0 Å². The Morgan fingerprint density at radius 3 is 2.60 bits per heavy atom. The van der Waals surface area contributed by atoms with Crippen molar-refractivity contribution in [3.05, 3.63) is 39.4 Å². The van der Waals surface area contributed by atoms with Crippen molar-refractivity contribution in [3.63, 3.8) is 0 Å². The van der Waals surface area contributed by atoms with Crippen LogP contribution in [-0.4, -0.2) is 51.7 Å². The number of carboxylic acids is 1. The predicted molar refractivity (Wildman–Crippen MR) is 111 cm³/mol. The van der Waals surface area contributed by atoms with E-state index in [1.165, 1.54) is 6.20 Å². The van der Waals surface area contributed by atoms with Crippen LogP contribution < -0.4 is 10.3 Å². The minimum atomic E-state index is -1.32. The van der Waals surface area contributed by atoms with Gasteiger partial charge in [0.2, 0.25) is 5.43 Å². The predicted octanol–water partition coefficient (Wildman–Crippen LogP) is 2.30. The SMILES string of the molecule is Cc1c(N2CC(C(O)CO)C(C)(C)C2)c(F)cc2c(=O)c(C(=O)O)cn(C3CC3)c12. The molecular weight excluding hydrogens is 391 g/mol. The number of rotatable bonds is 5. The van der Waals surface area contributed by atoms with Gasteiger partial charge in [0.05, 0.1) is 23.9 Å². The highest BCUT2D eigenvalue weighted by Crippen LogP contribution is 2.44. The van der Waals surface area contributed by atoms with Crippen LogP contribution in [0.5, 0.6) is 0 Å². The Bertz CT molecular complexity index is 1090. The molecule has 1 saturated carbocycles. The molecule has 1 aromatic heterocycles. The molecule has 7 nitrogen and oxygen atoms in total. The first kappa shape index (κ1) is 20.8. The Balaban J connectivity index is 1.91. The summed E-state index contributed by atoms with van der Waals surface area (Å²) in [7, 11) is 0. The molecule has 1 saturated heterocycles. The number of pyridine rings is 1. The largest absolute Gasteiger partial charge is 0.477 e. The molecule has 2 atom stereocenters. The lowest BCUT2D eigenvalue weighted by molar-refractivity contribution is 0.0185. The fraction of sp³-hybridized carbons (Fsp3) is 0.545. The average molecular weight is 418 g/mol. The third-order valence-corrected chi connectivity index (χ3v) is 6.64. The number of aliphatic hydroxyl groups excluding tert-OH is 2. The zero-order valence-corrected chi connectivity index (χ0v) is 17.4. The molecule has 2 heterocycles. The molecule has 1 aliphatic heterocycles. The van der Waals surface area contributed by atoms with E-state index in [1.807, 2.05) is 18.7 Å². The van der Waals surface area contributed by atoms with E-state index in [0.717, 1.165) is 18.9 Å². The number of halogens is 1. The van der Waals surface area contributed by atoms with Crippen molar-refractivity contribution in [3.8, 4) is 0 Å². The van der Waals surface area contributed by atoms with Crippen LogP contribution in [0.15, 0.2) is 17.1 Å². The molecular formula is C22H27FN2O5. The van der Waals surface area contributed by atoms with E-state index in [2.05, 4.69) is 0 Å². The van der Waals surface area contributed by atoms with Crippen molar-refractivity contribution in [2.45, 2.75) is 45.8 Å². The van der Waals surface area contributed by atoms with Gasteiger partial charge in [-0.1, -0.05) is 13.8 Å². The van der Waals surface area contributed by atoms with Gasteiger partial charge in [0, 0.05) is 36.6 Å². The third kappa shape index (κ3) is 3.18. The van der Waals surface area contributed by atoms with E-state index in [1.54, 1.807) is 11.5 Å². The summed E-state index contributed by atoms with van der Waals surface area (Å²) < 4.78 is 17.1. The van der Waals surface area contributed by atoms with E-state index in [4.69, 9.17) is 0 Å². The topological polar surface area (TPSA) is 103 Å². The Labute approximate surface area is 173 Å². The van der Waals surface area contributed by atoms with Gasteiger partial charge in [-0.2, -0.15) is 0 Å². The second kappa shape index (κ2) is 7.06. The number of benzene rings is 1. The molecule has 0 bridgehead atoms. The number of aliphatic hydroxyl groups is 2. The number of aromatic nitrogens is 1. The van der Waals surface area contributed by atoms with Crippen molar-refractivity contribution < 1.29 is 24.5 Å². The summed E-state index contributed by atoms with van der Waals surface area (Å²) in [6.07, 6.45) is 2.23. The van der Waals surface area contributed by atoms with Crippen LogP contribution in [0.25, 0.3) is 10.9 Å². The molecule has 8 heteroatoms. The number of carboxylic acid groups (broad SMARTS) is 1.